The number of nitrogens with one attached hydrogen (secondary N) is 1. The van der Waals surface area contributed by atoms with Crippen molar-refractivity contribution in [2.24, 2.45) is 11.1 Å². The molecule has 2 aliphatic rings. The number of amides is 1. The first-order valence-electron chi connectivity index (χ1n) is 9.51. The van der Waals surface area contributed by atoms with Crippen molar-refractivity contribution in [2.75, 3.05) is 18.0 Å². The van der Waals surface area contributed by atoms with Gasteiger partial charge in [0.05, 0.1) is 16.1 Å². The summed E-state index contributed by atoms with van der Waals surface area (Å²) in [6.07, 6.45) is 7.11. The quantitative estimate of drug-likeness (QED) is 0.814. The zero-order valence-electron chi connectivity index (χ0n) is 15.4. The Morgan fingerprint density at radius 1 is 1.15 bits per heavy atom. The molecule has 1 saturated carbocycles. The number of piperidine rings is 1. The van der Waals surface area contributed by atoms with Gasteiger partial charge in [-0.3, -0.25) is 4.79 Å². The molecule has 8 heteroatoms. The lowest BCUT2D eigenvalue weighted by atomic mass is 9.88. The lowest BCUT2D eigenvalue weighted by Gasteiger charge is -2.35. The van der Waals surface area contributed by atoms with Crippen LogP contribution < -0.4 is 15.4 Å². The summed E-state index contributed by atoms with van der Waals surface area (Å²) in [7, 11) is -3.83. The van der Waals surface area contributed by atoms with Crippen LogP contribution in [0, 0.1) is 17.2 Å². The van der Waals surface area contributed by atoms with Crippen molar-refractivity contribution < 1.29 is 13.2 Å². The summed E-state index contributed by atoms with van der Waals surface area (Å²) in [6.45, 7) is 1.41. The van der Waals surface area contributed by atoms with E-state index in [9.17, 15) is 18.5 Å². The number of hydrogen-bond acceptors (Lipinski definition) is 5. The Morgan fingerprint density at radius 3 is 2.41 bits per heavy atom. The molecule has 7 nitrogen and oxygen atoms in total. The van der Waals surface area contributed by atoms with E-state index in [0.717, 1.165) is 38.5 Å². The van der Waals surface area contributed by atoms with Crippen LogP contribution in [0.5, 0.6) is 0 Å². The topological polar surface area (TPSA) is 116 Å². The molecule has 0 aromatic heterocycles. The maximum atomic E-state index is 12.4. The van der Waals surface area contributed by atoms with E-state index in [1.807, 2.05) is 0 Å². The van der Waals surface area contributed by atoms with Gasteiger partial charge in [0, 0.05) is 25.0 Å². The molecule has 1 aliphatic heterocycles. The number of anilines is 1. The molecule has 1 saturated heterocycles. The molecule has 27 heavy (non-hydrogen) atoms. The Morgan fingerprint density at radius 2 is 1.81 bits per heavy atom. The smallest absolute Gasteiger partial charge is 0.238 e. The van der Waals surface area contributed by atoms with Crippen molar-refractivity contribution in [3.63, 3.8) is 0 Å². The van der Waals surface area contributed by atoms with Crippen LogP contribution in [0.25, 0.3) is 0 Å². The summed E-state index contributed by atoms with van der Waals surface area (Å²) in [6, 6.07) is 6.61. The molecule has 146 valence electrons. The summed E-state index contributed by atoms with van der Waals surface area (Å²) >= 11 is 0. The highest BCUT2D eigenvalue weighted by Gasteiger charge is 2.26. The third kappa shape index (κ3) is 4.79. The molecule has 0 radical (unpaired) electrons. The van der Waals surface area contributed by atoms with Gasteiger partial charge in [0.2, 0.25) is 15.9 Å². The van der Waals surface area contributed by atoms with Crippen LogP contribution >= 0.6 is 0 Å². The second-order valence-corrected chi connectivity index (χ2v) is 9.00. The predicted molar refractivity (Wildman–Crippen MR) is 102 cm³/mol. The summed E-state index contributed by atoms with van der Waals surface area (Å²) in [5.74, 6) is 0.344. The summed E-state index contributed by atoms with van der Waals surface area (Å²) in [4.78, 5) is 14.4. The van der Waals surface area contributed by atoms with Crippen LogP contribution in [0.3, 0.4) is 0 Å². The molecule has 1 aromatic rings. The van der Waals surface area contributed by atoms with E-state index in [0.29, 0.717) is 24.3 Å². The average molecular weight is 391 g/mol. The first-order chi connectivity index (χ1) is 12.9. The number of carbonyl (C=O) groups is 1. The molecule has 1 aliphatic carbocycles. The van der Waals surface area contributed by atoms with Gasteiger partial charge in [0.25, 0.3) is 0 Å². The van der Waals surface area contributed by atoms with Crippen molar-refractivity contribution in [1.82, 2.24) is 5.32 Å². The van der Waals surface area contributed by atoms with E-state index in [4.69, 9.17) is 5.14 Å². The molecule has 0 spiro atoms. The first kappa shape index (κ1) is 19.6. The van der Waals surface area contributed by atoms with Gasteiger partial charge in [0.15, 0.2) is 0 Å². The van der Waals surface area contributed by atoms with Crippen LogP contribution in [-0.4, -0.2) is 33.5 Å². The Bertz CT molecular complexity index is 833. The highest BCUT2D eigenvalue weighted by atomic mass is 32.2. The summed E-state index contributed by atoms with van der Waals surface area (Å²) in [5, 5.41) is 17.7. The van der Waals surface area contributed by atoms with Crippen LogP contribution in [0.1, 0.15) is 50.5 Å². The lowest BCUT2D eigenvalue weighted by Crippen LogP contribution is -2.46. The number of carbonyl (C=O) groups excluding carboxylic acids is 1. The fraction of sp³-hybridized carbons (Fsp3) is 0.579. The average Bonchev–Trinajstić information content (AvgIpc) is 2.68. The van der Waals surface area contributed by atoms with Gasteiger partial charge in [-0.05, 0) is 43.9 Å². The molecule has 1 aromatic carbocycles. The fourth-order valence-electron chi connectivity index (χ4n) is 4.01. The zero-order valence-corrected chi connectivity index (χ0v) is 16.2. The van der Waals surface area contributed by atoms with Crippen LogP contribution in [0.4, 0.5) is 5.69 Å². The van der Waals surface area contributed by atoms with Gasteiger partial charge in [-0.15, -0.1) is 0 Å². The Balaban J connectivity index is 1.60. The second-order valence-electron chi connectivity index (χ2n) is 7.44. The third-order valence-corrected chi connectivity index (χ3v) is 6.49. The monoisotopic (exact) mass is 390 g/mol. The van der Waals surface area contributed by atoms with Crippen molar-refractivity contribution in [3.8, 4) is 6.07 Å². The largest absolute Gasteiger partial charge is 0.370 e. The van der Waals surface area contributed by atoms with Gasteiger partial charge in [0.1, 0.15) is 6.07 Å². The standard InChI is InChI=1S/C19H26N4O3S/c20-13-15-12-17(27(21,25)26)6-7-18(15)23-10-8-16(9-11-23)22-19(24)14-4-2-1-3-5-14/h6-7,12,14,16H,1-5,8-11H2,(H,22,24)(H2,21,25,26). The minimum absolute atomic E-state index is 0.0579. The van der Waals surface area contributed by atoms with Gasteiger partial charge in [-0.2, -0.15) is 5.26 Å². The van der Waals surface area contributed by atoms with Gasteiger partial charge in [-0.1, -0.05) is 19.3 Å². The van der Waals surface area contributed by atoms with E-state index < -0.39 is 10.0 Å². The summed E-state index contributed by atoms with van der Waals surface area (Å²) in [5.41, 5.74) is 1.01. The molecule has 2 fully saturated rings. The van der Waals surface area contributed by atoms with Gasteiger partial charge < -0.3 is 10.2 Å². The Labute approximate surface area is 160 Å². The summed E-state index contributed by atoms with van der Waals surface area (Å²) < 4.78 is 23.0. The number of nitrogens with two attached hydrogens (primary N) is 1. The van der Waals surface area contributed by atoms with Crippen molar-refractivity contribution in [3.05, 3.63) is 23.8 Å². The molecule has 0 atom stereocenters. The lowest BCUT2D eigenvalue weighted by molar-refractivity contribution is -0.126. The third-order valence-electron chi connectivity index (χ3n) is 5.57. The predicted octanol–water partition coefficient (Wildman–Crippen LogP) is 1.87. The number of nitrogens with zero attached hydrogens (tertiary/aromatic N) is 2. The molecule has 0 bridgehead atoms. The van der Waals surface area contributed by atoms with Crippen molar-refractivity contribution >= 4 is 21.6 Å². The van der Waals surface area contributed by atoms with E-state index >= 15 is 0 Å². The van der Waals surface area contributed by atoms with E-state index in [1.165, 1.54) is 18.6 Å². The molecule has 1 amide bonds. The normalized spacial score (nSPS) is 19.5. The zero-order chi connectivity index (χ0) is 19.4. The van der Waals surface area contributed by atoms with Crippen molar-refractivity contribution in [1.29, 1.82) is 5.26 Å². The molecular formula is C19H26N4O3S. The maximum absolute atomic E-state index is 12.4. The Hall–Kier alpha value is -2.11. The molecule has 3 rings (SSSR count). The number of benzene rings is 1. The van der Waals surface area contributed by atoms with Crippen LogP contribution in [-0.2, 0) is 14.8 Å². The van der Waals surface area contributed by atoms with Crippen LogP contribution in [0.2, 0.25) is 0 Å². The molecular weight excluding hydrogens is 364 g/mol. The van der Waals surface area contributed by atoms with Crippen LogP contribution in [0.15, 0.2) is 23.1 Å². The SMILES string of the molecule is N#Cc1cc(S(N)(=O)=O)ccc1N1CCC(NC(=O)C2CCCCC2)CC1. The Kier molecular flexibility index (Phi) is 6.02. The molecule has 0 unspecified atom stereocenters. The number of sulfonamides is 1. The first-order valence-corrected chi connectivity index (χ1v) is 11.1. The molecule has 1 heterocycles. The van der Waals surface area contributed by atoms with E-state index in [2.05, 4.69) is 16.3 Å². The van der Waals surface area contributed by atoms with Gasteiger partial charge in [-0.25, -0.2) is 13.6 Å². The van der Waals surface area contributed by atoms with E-state index in [1.54, 1.807) is 6.07 Å². The van der Waals surface area contributed by atoms with Crippen molar-refractivity contribution in [2.45, 2.75) is 55.9 Å². The number of nitriles is 1. The van der Waals surface area contributed by atoms with Gasteiger partial charge >= 0.3 is 0 Å². The number of hydrogen-bond donors (Lipinski definition) is 2. The maximum Gasteiger partial charge on any atom is 0.238 e. The van der Waals surface area contributed by atoms with E-state index in [-0.39, 0.29) is 22.8 Å². The fourth-order valence-corrected chi connectivity index (χ4v) is 4.55. The number of rotatable bonds is 4. The highest BCUT2D eigenvalue weighted by molar-refractivity contribution is 7.89. The minimum atomic E-state index is -3.83. The number of primary sulfonamides is 1. The molecule has 3 N–H and O–H groups in total. The highest BCUT2D eigenvalue weighted by Crippen LogP contribution is 2.27. The minimum Gasteiger partial charge on any atom is -0.370 e. The second kappa shape index (κ2) is 8.28.